The predicted molar refractivity (Wildman–Crippen MR) is 62.5 cm³/mol. The number of rotatable bonds is 10. The molecule has 5 heteroatoms. The van der Waals surface area contributed by atoms with Gasteiger partial charge in [0.25, 0.3) is 0 Å². The Labute approximate surface area is 125 Å². The molecular weight excluding hydrogens is 229 g/mol. The minimum Gasteiger partial charge on any atom is -0.862 e. The number of nitrogens with zero attached hydrogens (tertiary/aromatic N) is 1. The van der Waals surface area contributed by atoms with Gasteiger partial charge in [-0.2, -0.15) is 0 Å². The van der Waals surface area contributed by atoms with Crippen LogP contribution in [-0.2, 0) is 4.79 Å². The molecule has 0 fully saturated rings. The summed E-state index contributed by atoms with van der Waals surface area (Å²) in [6.07, 6.45) is 6.80. The zero-order valence-corrected chi connectivity index (χ0v) is 12.7. The Morgan fingerprint density at radius 1 is 1.24 bits per heavy atom. The summed E-state index contributed by atoms with van der Waals surface area (Å²) in [6, 6.07) is 0. The average molecular weight is 249 g/mol. The van der Waals surface area contributed by atoms with Crippen LogP contribution in [0.15, 0.2) is 17.6 Å². The number of hydrogen-bond donors (Lipinski definition) is 1. The molecule has 0 aliphatic heterocycles. The zero-order chi connectivity index (χ0) is 12.2. The Morgan fingerprint density at radius 3 is 2.53 bits per heavy atom. The monoisotopic (exact) mass is 249 g/mol. The summed E-state index contributed by atoms with van der Waals surface area (Å²) in [5.74, 6) is -0.948. The minimum absolute atomic E-state index is 0. The molecule has 0 radical (unpaired) electrons. The van der Waals surface area contributed by atoms with Crippen LogP contribution < -0.4 is 34.7 Å². The van der Waals surface area contributed by atoms with E-state index in [0.717, 1.165) is 25.7 Å². The molecule has 0 aliphatic carbocycles. The molecule has 4 nitrogen and oxygen atoms in total. The van der Waals surface area contributed by atoms with Gasteiger partial charge in [-0.25, -0.2) is 0 Å². The third-order valence-corrected chi connectivity index (χ3v) is 2.14. The van der Waals surface area contributed by atoms with Gasteiger partial charge in [0.15, 0.2) is 0 Å². The van der Waals surface area contributed by atoms with E-state index in [1.54, 1.807) is 0 Å². The number of allylic oxidation sites excluding steroid dienone is 1. The smallest absolute Gasteiger partial charge is 0.862 e. The third kappa shape index (κ3) is 15.7. The first-order valence-electron chi connectivity index (χ1n) is 5.70. The van der Waals surface area contributed by atoms with Gasteiger partial charge < -0.3 is 15.2 Å². The summed E-state index contributed by atoms with van der Waals surface area (Å²) in [5, 5.41) is 19.6. The standard InChI is InChI=1S/C12H21NO3.Na/c1-2-3-4-5-6-8-11(14)13-10-7-9-12(15)16;/h2H,1,3-10H2,(H,13,14)(H,15,16);/q;+1/p-1. The van der Waals surface area contributed by atoms with E-state index in [-0.39, 0.29) is 41.9 Å². The summed E-state index contributed by atoms with van der Waals surface area (Å²) >= 11 is 0. The summed E-state index contributed by atoms with van der Waals surface area (Å²) in [6.45, 7) is 3.96. The fourth-order valence-electron chi connectivity index (χ4n) is 1.25. The topological polar surface area (TPSA) is 72.7 Å². The van der Waals surface area contributed by atoms with E-state index in [1.807, 2.05) is 6.08 Å². The van der Waals surface area contributed by atoms with Crippen LogP contribution in [-0.4, -0.2) is 23.5 Å². The van der Waals surface area contributed by atoms with Crippen LogP contribution in [0.3, 0.4) is 0 Å². The molecule has 0 aromatic carbocycles. The van der Waals surface area contributed by atoms with Crippen LogP contribution in [0.1, 0.15) is 44.9 Å². The number of unbranched alkanes of at least 4 members (excludes halogenated alkanes) is 3. The van der Waals surface area contributed by atoms with Crippen molar-refractivity contribution in [1.29, 1.82) is 0 Å². The molecule has 0 unspecified atom stereocenters. The Balaban J connectivity index is 0. The summed E-state index contributed by atoms with van der Waals surface area (Å²) < 4.78 is 0. The van der Waals surface area contributed by atoms with Gasteiger partial charge in [-0.15, -0.1) is 6.58 Å². The largest absolute Gasteiger partial charge is 1.00 e. The van der Waals surface area contributed by atoms with Gasteiger partial charge in [-0.1, -0.05) is 12.5 Å². The molecule has 0 atom stereocenters. The van der Waals surface area contributed by atoms with Crippen molar-refractivity contribution in [3.63, 3.8) is 0 Å². The fraction of sp³-hybridized carbons (Fsp3) is 0.667. The van der Waals surface area contributed by atoms with Gasteiger partial charge in [0.1, 0.15) is 0 Å². The first kappa shape index (κ1) is 19.0. The second kappa shape index (κ2) is 13.7. The molecule has 0 spiro atoms. The molecule has 0 saturated carbocycles. The van der Waals surface area contributed by atoms with Crippen molar-refractivity contribution in [2.24, 2.45) is 4.99 Å². The van der Waals surface area contributed by atoms with Crippen molar-refractivity contribution in [2.75, 3.05) is 6.54 Å². The molecule has 0 bridgehead atoms. The molecular formula is C12H20NNaO3. The molecule has 0 aromatic rings. The van der Waals surface area contributed by atoms with Crippen LogP contribution in [0.25, 0.3) is 0 Å². The van der Waals surface area contributed by atoms with E-state index < -0.39 is 5.97 Å². The van der Waals surface area contributed by atoms with Gasteiger partial charge in [0.2, 0.25) is 0 Å². The van der Waals surface area contributed by atoms with Crippen molar-refractivity contribution >= 4 is 11.9 Å². The molecule has 17 heavy (non-hydrogen) atoms. The van der Waals surface area contributed by atoms with Crippen molar-refractivity contribution in [1.82, 2.24) is 0 Å². The number of carboxylic acid groups (broad SMARTS) is 1. The molecule has 0 rings (SSSR count). The summed E-state index contributed by atoms with van der Waals surface area (Å²) in [7, 11) is 0. The number of aliphatic carboxylic acids is 1. The van der Waals surface area contributed by atoms with E-state index in [4.69, 9.17) is 5.11 Å². The first-order valence-corrected chi connectivity index (χ1v) is 5.70. The second-order valence-electron chi connectivity index (χ2n) is 3.66. The molecule has 0 aromatic heterocycles. The van der Waals surface area contributed by atoms with Crippen molar-refractivity contribution in [2.45, 2.75) is 44.9 Å². The number of carboxylic acids is 1. The normalized spacial score (nSPS) is 10.7. The van der Waals surface area contributed by atoms with E-state index in [1.165, 1.54) is 0 Å². The van der Waals surface area contributed by atoms with Gasteiger partial charge >= 0.3 is 35.5 Å². The number of hydrogen-bond acceptors (Lipinski definition) is 3. The first-order chi connectivity index (χ1) is 7.66. The predicted octanol–water partition coefficient (Wildman–Crippen LogP) is -1.25. The molecule has 0 saturated heterocycles. The minimum atomic E-state index is -0.841. The second-order valence-corrected chi connectivity index (χ2v) is 3.66. The number of carbonyl (C=O) groups is 1. The Kier molecular flexibility index (Phi) is 15.4. The molecule has 1 N–H and O–H groups in total. The van der Waals surface area contributed by atoms with Crippen LogP contribution in [0, 0.1) is 0 Å². The van der Waals surface area contributed by atoms with Crippen LogP contribution in [0.4, 0.5) is 0 Å². The maximum absolute atomic E-state index is 11.2. The van der Waals surface area contributed by atoms with E-state index >= 15 is 0 Å². The Hall–Kier alpha value is -0.320. The fourth-order valence-corrected chi connectivity index (χ4v) is 1.25. The molecule has 0 aliphatic rings. The summed E-state index contributed by atoms with van der Waals surface area (Å²) in [4.78, 5) is 14.0. The van der Waals surface area contributed by atoms with E-state index in [0.29, 0.717) is 19.4 Å². The number of aliphatic imine (C=N–C) groups is 1. The van der Waals surface area contributed by atoms with E-state index in [2.05, 4.69) is 11.6 Å². The zero-order valence-electron chi connectivity index (χ0n) is 10.7. The van der Waals surface area contributed by atoms with Crippen LogP contribution in [0.2, 0.25) is 0 Å². The molecule has 0 heterocycles. The van der Waals surface area contributed by atoms with E-state index in [9.17, 15) is 9.90 Å². The van der Waals surface area contributed by atoms with Crippen molar-refractivity contribution < 1.29 is 44.6 Å². The quantitative estimate of drug-likeness (QED) is 0.173. The van der Waals surface area contributed by atoms with Crippen LogP contribution >= 0.6 is 0 Å². The molecule has 92 valence electrons. The van der Waals surface area contributed by atoms with Crippen molar-refractivity contribution in [3.05, 3.63) is 12.7 Å². The maximum Gasteiger partial charge on any atom is 1.00 e. The average Bonchev–Trinajstić information content (AvgIpc) is 2.24. The van der Waals surface area contributed by atoms with Gasteiger partial charge in [-0.3, -0.25) is 4.79 Å². The van der Waals surface area contributed by atoms with Gasteiger partial charge in [0.05, 0.1) is 0 Å². The van der Waals surface area contributed by atoms with Crippen LogP contribution in [0.5, 0.6) is 0 Å². The maximum atomic E-state index is 11.2. The summed E-state index contributed by atoms with van der Waals surface area (Å²) in [5.41, 5.74) is 0. The van der Waals surface area contributed by atoms with Gasteiger partial charge in [0, 0.05) is 13.0 Å². The molecule has 0 amide bonds. The third-order valence-electron chi connectivity index (χ3n) is 2.14. The Bertz CT molecular complexity index is 242. The SMILES string of the molecule is C=CCCCCCC([O-])=NCCCC(=O)O.[Na+]. The Morgan fingerprint density at radius 2 is 1.94 bits per heavy atom. The van der Waals surface area contributed by atoms with Gasteiger partial charge in [-0.05, 0) is 38.0 Å². The van der Waals surface area contributed by atoms with Crippen molar-refractivity contribution in [3.8, 4) is 0 Å².